The molecule has 2 heterocycles. The molecule has 0 bridgehead atoms. The lowest BCUT2D eigenvalue weighted by atomic mass is 9.99. The highest BCUT2D eigenvalue weighted by Gasteiger charge is 2.25. The molecule has 0 atom stereocenters. The summed E-state index contributed by atoms with van der Waals surface area (Å²) in [6.07, 6.45) is 0.981. The van der Waals surface area contributed by atoms with Crippen molar-refractivity contribution in [1.82, 2.24) is 5.32 Å². The second-order valence-corrected chi connectivity index (χ2v) is 3.71. The molecule has 0 unspecified atom stereocenters. The summed E-state index contributed by atoms with van der Waals surface area (Å²) < 4.78 is 16.2. The summed E-state index contributed by atoms with van der Waals surface area (Å²) in [5.41, 5.74) is 2.50. The average molecular weight is 207 g/mol. The van der Waals surface area contributed by atoms with Crippen molar-refractivity contribution in [3.63, 3.8) is 0 Å². The summed E-state index contributed by atoms with van der Waals surface area (Å²) >= 11 is 0. The Hall–Kier alpha value is -1.42. The predicted molar refractivity (Wildman–Crippen MR) is 54.5 cm³/mol. The van der Waals surface area contributed by atoms with Gasteiger partial charge in [0, 0.05) is 12.1 Å². The molecule has 1 N–H and O–H groups in total. The van der Waals surface area contributed by atoms with Gasteiger partial charge < -0.3 is 19.5 Å². The van der Waals surface area contributed by atoms with E-state index in [-0.39, 0.29) is 0 Å². The summed E-state index contributed by atoms with van der Waals surface area (Å²) in [5.74, 6) is 2.41. The molecule has 0 saturated carbocycles. The van der Waals surface area contributed by atoms with Gasteiger partial charge in [0.2, 0.25) is 12.5 Å². The van der Waals surface area contributed by atoms with Crippen LogP contribution in [-0.4, -0.2) is 20.4 Å². The third-order valence-electron chi connectivity index (χ3n) is 2.89. The summed E-state index contributed by atoms with van der Waals surface area (Å²) in [6.45, 7) is 2.16. The van der Waals surface area contributed by atoms with E-state index < -0.39 is 0 Å². The number of benzene rings is 1. The SMILES string of the molecule is COc1c2c(cc3c1OCO3)CNCC2. The van der Waals surface area contributed by atoms with Gasteiger partial charge in [-0.2, -0.15) is 0 Å². The normalized spacial score (nSPS) is 17.4. The van der Waals surface area contributed by atoms with E-state index in [1.165, 1.54) is 11.1 Å². The molecule has 3 rings (SSSR count). The Kier molecular flexibility index (Phi) is 1.95. The molecule has 0 fully saturated rings. The maximum absolute atomic E-state index is 5.42. The fourth-order valence-corrected chi connectivity index (χ4v) is 2.19. The van der Waals surface area contributed by atoms with Crippen molar-refractivity contribution in [2.45, 2.75) is 13.0 Å². The van der Waals surface area contributed by atoms with Gasteiger partial charge in [-0.1, -0.05) is 0 Å². The van der Waals surface area contributed by atoms with Gasteiger partial charge in [-0.15, -0.1) is 0 Å². The fraction of sp³-hybridized carbons (Fsp3) is 0.455. The topological polar surface area (TPSA) is 39.7 Å². The van der Waals surface area contributed by atoms with E-state index in [1.807, 2.05) is 6.07 Å². The summed E-state index contributed by atoms with van der Waals surface area (Å²) in [7, 11) is 1.68. The molecule has 1 aromatic carbocycles. The number of hydrogen-bond donors (Lipinski definition) is 1. The number of methoxy groups -OCH3 is 1. The number of rotatable bonds is 1. The number of nitrogens with one attached hydrogen (secondary N) is 1. The van der Waals surface area contributed by atoms with Crippen molar-refractivity contribution in [1.29, 1.82) is 0 Å². The highest BCUT2D eigenvalue weighted by atomic mass is 16.7. The van der Waals surface area contributed by atoms with Crippen LogP contribution in [0.25, 0.3) is 0 Å². The lowest BCUT2D eigenvalue weighted by Crippen LogP contribution is -2.24. The van der Waals surface area contributed by atoms with Gasteiger partial charge in [0.05, 0.1) is 7.11 Å². The third kappa shape index (κ3) is 1.25. The van der Waals surface area contributed by atoms with E-state index in [0.717, 1.165) is 36.8 Å². The van der Waals surface area contributed by atoms with E-state index in [0.29, 0.717) is 6.79 Å². The first-order valence-electron chi connectivity index (χ1n) is 5.09. The van der Waals surface area contributed by atoms with Gasteiger partial charge in [0.15, 0.2) is 11.5 Å². The van der Waals surface area contributed by atoms with Gasteiger partial charge in [-0.25, -0.2) is 0 Å². The first kappa shape index (κ1) is 8.85. The lowest BCUT2D eigenvalue weighted by Gasteiger charge is -2.20. The maximum atomic E-state index is 5.42. The Bertz CT molecular complexity index is 403. The van der Waals surface area contributed by atoms with Crippen LogP contribution >= 0.6 is 0 Å². The Labute approximate surface area is 88.1 Å². The smallest absolute Gasteiger partial charge is 0.231 e. The van der Waals surface area contributed by atoms with Crippen LogP contribution in [0.2, 0.25) is 0 Å². The predicted octanol–water partition coefficient (Wildman–Crippen LogP) is 1.07. The molecule has 0 aromatic heterocycles. The molecule has 80 valence electrons. The van der Waals surface area contributed by atoms with Crippen molar-refractivity contribution >= 4 is 0 Å². The zero-order valence-electron chi connectivity index (χ0n) is 8.63. The quantitative estimate of drug-likeness (QED) is 0.747. The van der Waals surface area contributed by atoms with Crippen molar-refractivity contribution < 1.29 is 14.2 Å². The van der Waals surface area contributed by atoms with Gasteiger partial charge in [-0.3, -0.25) is 0 Å². The molecule has 15 heavy (non-hydrogen) atoms. The van der Waals surface area contributed by atoms with E-state index >= 15 is 0 Å². The molecule has 0 spiro atoms. The summed E-state index contributed by atoms with van der Waals surface area (Å²) in [5, 5.41) is 3.33. The average Bonchev–Trinajstić information content (AvgIpc) is 2.73. The van der Waals surface area contributed by atoms with Crippen LogP contribution in [0.3, 0.4) is 0 Å². The molecule has 2 aliphatic rings. The minimum Gasteiger partial charge on any atom is -0.492 e. The molecule has 0 aliphatic carbocycles. The molecule has 0 saturated heterocycles. The highest BCUT2D eigenvalue weighted by molar-refractivity contribution is 5.60. The first-order valence-corrected chi connectivity index (χ1v) is 5.09. The van der Waals surface area contributed by atoms with Crippen molar-refractivity contribution in [2.24, 2.45) is 0 Å². The van der Waals surface area contributed by atoms with E-state index in [1.54, 1.807) is 7.11 Å². The van der Waals surface area contributed by atoms with Gasteiger partial charge in [-0.05, 0) is 24.6 Å². The second-order valence-electron chi connectivity index (χ2n) is 3.71. The first-order chi connectivity index (χ1) is 7.40. The van der Waals surface area contributed by atoms with Crippen LogP contribution in [0.15, 0.2) is 6.07 Å². The Morgan fingerprint density at radius 1 is 1.40 bits per heavy atom. The van der Waals surface area contributed by atoms with E-state index in [2.05, 4.69) is 5.32 Å². The Morgan fingerprint density at radius 3 is 3.20 bits per heavy atom. The number of fused-ring (bicyclic) bond motifs is 2. The highest BCUT2D eigenvalue weighted by Crippen LogP contribution is 2.45. The monoisotopic (exact) mass is 207 g/mol. The van der Waals surface area contributed by atoms with Crippen LogP contribution in [0.5, 0.6) is 17.2 Å². The van der Waals surface area contributed by atoms with Crippen molar-refractivity contribution in [3.05, 3.63) is 17.2 Å². The zero-order chi connectivity index (χ0) is 10.3. The molecular weight excluding hydrogens is 194 g/mol. The Balaban J connectivity index is 2.19. The van der Waals surface area contributed by atoms with Crippen molar-refractivity contribution in [3.8, 4) is 17.2 Å². The molecule has 1 aromatic rings. The lowest BCUT2D eigenvalue weighted by molar-refractivity contribution is 0.171. The largest absolute Gasteiger partial charge is 0.492 e. The molecule has 4 heteroatoms. The molecule has 0 radical (unpaired) electrons. The standard InChI is InChI=1S/C11H13NO3/c1-13-10-8-2-3-12-5-7(8)4-9-11(10)15-6-14-9/h4,12H,2-3,5-6H2,1H3. The zero-order valence-corrected chi connectivity index (χ0v) is 8.63. The van der Waals surface area contributed by atoms with Crippen molar-refractivity contribution in [2.75, 3.05) is 20.4 Å². The molecular formula is C11H13NO3. The maximum Gasteiger partial charge on any atom is 0.231 e. The number of ether oxygens (including phenoxy) is 3. The van der Waals surface area contributed by atoms with Crippen LogP contribution in [0.1, 0.15) is 11.1 Å². The van der Waals surface area contributed by atoms with E-state index in [9.17, 15) is 0 Å². The van der Waals surface area contributed by atoms with Gasteiger partial charge in [0.25, 0.3) is 0 Å². The van der Waals surface area contributed by atoms with Crippen LogP contribution in [-0.2, 0) is 13.0 Å². The Morgan fingerprint density at radius 2 is 2.33 bits per heavy atom. The van der Waals surface area contributed by atoms with Crippen LogP contribution in [0.4, 0.5) is 0 Å². The van der Waals surface area contributed by atoms with E-state index in [4.69, 9.17) is 14.2 Å². The fourth-order valence-electron chi connectivity index (χ4n) is 2.19. The molecule has 2 aliphatic heterocycles. The second kappa shape index (κ2) is 3.31. The third-order valence-corrected chi connectivity index (χ3v) is 2.89. The minimum absolute atomic E-state index is 0.294. The van der Waals surface area contributed by atoms with Gasteiger partial charge >= 0.3 is 0 Å². The van der Waals surface area contributed by atoms with Crippen LogP contribution < -0.4 is 19.5 Å². The molecule has 4 nitrogen and oxygen atoms in total. The minimum atomic E-state index is 0.294. The summed E-state index contributed by atoms with van der Waals surface area (Å²) in [6, 6.07) is 2.05. The van der Waals surface area contributed by atoms with Crippen LogP contribution in [0, 0.1) is 0 Å². The molecule has 0 amide bonds. The van der Waals surface area contributed by atoms with Gasteiger partial charge in [0.1, 0.15) is 0 Å². The number of hydrogen-bond acceptors (Lipinski definition) is 4. The summed E-state index contributed by atoms with van der Waals surface area (Å²) in [4.78, 5) is 0.